The molecule has 0 radical (unpaired) electrons. The van der Waals surface area contributed by atoms with Crippen LogP contribution in [0.3, 0.4) is 0 Å². The Kier molecular flexibility index (Phi) is 4.48. The number of carbonyl (C=O) groups excluding carboxylic acids is 1. The zero-order valence-corrected chi connectivity index (χ0v) is 11.8. The largest absolute Gasteiger partial charge is 0.355 e. The van der Waals surface area contributed by atoms with Gasteiger partial charge in [-0.3, -0.25) is 4.79 Å². The van der Waals surface area contributed by atoms with Gasteiger partial charge in [0.15, 0.2) is 0 Å². The van der Waals surface area contributed by atoms with E-state index in [1.54, 1.807) is 0 Å². The zero-order valence-electron chi connectivity index (χ0n) is 11.0. The lowest BCUT2D eigenvalue weighted by Gasteiger charge is -2.28. The Labute approximate surface area is 120 Å². The molecule has 4 heteroatoms. The summed E-state index contributed by atoms with van der Waals surface area (Å²) >= 11 is 0. The SMILES string of the molecule is Cl.O=C(NCC1CNC1)C1(Cc2ccccc2)CC1. The normalized spacial score (nSPS) is 20.0. The summed E-state index contributed by atoms with van der Waals surface area (Å²) in [4.78, 5) is 12.2. The second-order valence-electron chi connectivity index (χ2n) is 5.68. The van der Waals surface area contributed by atoms with Crippen molar-refractivity contribution in [1.29, 1.82) is 0 Å². The summed E-state index contributed by atoms with van der Waals surface area (Å²) in [6.07, 6.45) is 2.97. The minimum Gasteiger partial charge on any atom is -0.355 e. The summed E-state index contributed by atoms with van der Waals surface area (Å²) in [6, 6.07) is 10.3. The van der Waals surface area contributed by atoms with E-state index in [9.17, 15) is 4.79 Å². The van der Waals surface area contributed by atoms with Crippen LogP contribution in [0.25, 0.3) is 0 Å². The Morgan fingerprint density at radius 3 is 2.47 bits per heavy atom. The molecule has 104 valence electrons. The number of hydrogen-bond acceptors (Lipinski definition) is 2. The summed E-state index contributed by atoms with van der Waals surface area (Å²) in [5.41, 5.74) is 1.17. The molecule has 2 N–H and O–H groups in total. The van der Waals surface area contributed by atoms with Crippen LogP contribution in [-0.4, -0.2) is 25.5 Å². The zero-order chi connectivity index (χ0) is 12.4. The lowest BCUT2D eigenvalue weighted by Crippen LogP contribution is -2.49. The van der Waals surface area contributed by atoms with Crippen molar-refractivity contribution in [1.82, 2.24) is 10.6 Å². The lowest BCUT2D eigenvalue weighted by atomic mass is 9.95. The lowest BCUT2D eigenvalue weighted by molar-refractivity contribution is -0.126. The first kappa shape index (κ1) is 14.4. The highest BCUT2D eigenvalue weighted by molar-refractivity contribution is 5.85. The monoisotopic (exact) mass is 280 g/mol. The summed E-state index contributed by atoms with van der Waals surface area (Å²) in [6.45, 7) is 2.93. The van der Waals surface area contributed by atoms with Gasteiger partial charge in [0.2, 0.25) is 5.91 Å². The first-order valence-corrected chi connectivity index (χ1v) is 6.81. The van der Waals surface area contributed by atoms with Gasteiger partial charge < -0.3 is 10.6 Å². The average molecular weight is 281 g/mol. The molecule has 2 fully saturated rings. The second-order valence-corrected chi connectivity index (χ2v) is 5.68. The fourth-order valence-corrected chi connectivity index (χ4v) is 2.54. The van der Waals surface area contributed by atoms with Crippen LogP contribution in [0.5, 0.6) is 0 Å². The highest BCUT2D eigenvalue weighted by Gasteiger charge is 2.49. The Balaban J connectivity index is 0.00000133. The van der Waals surface area contributed by atoms with E-state index in [1.807, 2.05) is 18.2 Å². The van der Waals surface area contributed by atoms with Crippen LogP contribution in [0.2, 0.25) is 0 Å². The maximum atomic E-state index is 12.2. The van der Waals surface area contributed by atoms with Crippen LogP contribution in [0.4, 0.5) is 0 Å². The van der Waals surface area contributed by atoms with Crippen molar-refractivity contribution in [3.63, 3.8) is 0 Å². The Hall–Kier alpha value is -1.06. The molecule has 1 saturated heterocycles. The van der Waals surface area contributed by atoms with E-state index in [0.29, 0.717) is 5.92 Å². The van der Waals surface area contributed by atoms with Crippen LogP contribution in [-0.2, 0) is 11.2 Å². The van der Waals surface area contributed by atoms with Gasteiger partial charge in [0.25, 0.3) is 0 Å². The molecular formula is C15H21ClN2O. The number of nitrogens with one attached hydrogen (secondary N) is 2. The predicted octanol–water partition coefficient (Wildman–Crippen LogP) is 1.77. The fourth-order valence-electron chi connectivity index (χ4n) is 2.54. The highest BCUT2D eigenvalue weighted by Crippen LogP contribution is 2.48. The number of halogens is 1. The molecule has 19 heavy (non-hydrogen) atoms. The number of amides is 1. The van der Waals surface area contributed by atoms with Crippen molar-refractivity contribution >= 4 is 18.3 Å². The molecule has 0 unspecified atom stereocenters. The van der Waals surface area contributed by atoms with Crippen molar-refractivity contribution < 1.29 is 4.79 Å². The average Bonchev–Trinajstić information content (AvgIpc) is 3.09. The first-order chi connectivity index (χ1) is 8.78. The van der Waals surface area contributed by atoms with E-state index in [4.69, 9.17) is 0 Å². The number of benzene rings is 1. The van der Waals surface area contributed by atoms with E-state index in [2.05, 4.69) is 22.8 Å². The van der Waals surface area contributed by atoms with E-state index in [1.165, 1.54) is 5.56 Å². The molecule has 1 heterocycles. The van der Waals surface area contributed by atoms with Gasteiger partial charge in [-0.25, -0.2) is 0 Å². The van der Waals surface area contributed by atoms with Crippen LogP contribution < -0.4 is 10.6 Å². The Bertz CT molecular complexity index is 427. The molecule has 1 aromatic carbocycles. The number of hydrogen-bond donors (Lipinski definition) is 2. The van der Waals surface area contributed by atoms with E-state index >= 15 is 0 Å². The molecule has 1 aromatic rings. The van der Waals surface area contributed by atoms with Gasteiger partial charge in [0, 0.05) is 25.6 Å². The maximum absolute atomic E-state index is 12.2. The molecule has 1 amide bonds. The van der Waals surface area contributed by atoms with Crippen LogP contribution in [0.15, 0.2) is 30.3 Å². The minimum absolute atomic E-state index is 0. The van der Waals surface area contributed by atoms with Gasteiger partial charge >= 0.3 is 0 Å². The molecule has 0 spiro atoms. The maximum Gasteiger partial charge on any atom is 0.226 e. The molecular weight excluding hydrogens is 260 g/mol. The van der Waals surface area contributed by atoms with Gasteiger partial charge in [0.05, 0.1) is 5.41 Å². The molecule has 1 aliphatic carbocycles. The van der Waals surface area contributed by atoms with Gasteiger partial charge in [-0.1, -0.05) is 30.3 Å². The summed E-state index contributed by atoms with van der Waals surface area (Å²) < 4.78 is 0. The van der Waals surface area contributed by atoms with Crippen molar-refractivity contribution in [3.8, 4) is 0 Å². The standard InChI is InChI=1S/C15H20N2O.ClH/c18-14(17-11-13-9-16-10-13)15(6-7-15)8-12-4-2-1-3-5-12;/h1-5,13,16H,6-11H2,(H,17,18);1H. The third-order valence-electron chi connectivity index (χ3n) is 4.14. The van der Waals surface area contributed by atoms with Crippen LogP contribution in [0.1, 0.15) is 18.4 Å². The van der Waals surface area contributed by atoms with E-state index in [0.717, 1.165) is 38.9 Å². The Morgan fingerprint density at radius 1 is 1.26 bits per heavy atom. The first-order valence-electron chi connectivity index (χ1n) is 6.81. The predicted molar refractivity (Wildman–Crippen MR) is 78.4 cm³/mol. The quantitative estimate of drug-likeness (QED) is 0.863. The number of rotatable bonds is 5. The van der Waals surface area contributed by atoms with Crippen molar-refractivity contribution in [2.75, 3.05) is 19.6 Å². The molecule has 3 nitrogen and oxygen atoms in total. The molecule has 1 saturated carbocycles. The summed E-state index contributed by atoms with van der Waals surface area (Å²) in [5, 5.41) is 6.36. The molecule has 0 aromatic heterocycles. The topological polar surface area (TPSA) is 41.1 Å². The fraction of sp³-hybridized carbons (Fsp3) is 0.533. The summed E-state index contributed by atoms with van der Waals surface area (Å²) in [5.74, 6) is 0.903. The minimum atomic E-state index is -0.0987. The van der Waals surface area contributed by atoms with Gasteiger partial charge in [-0.05, 0) is 24.8 Å². The van der Waals surface area contributed by atoms with Crippen LogP contribution >= 0.6 is 12.4 Å². The van der Waals surface area contributed by atoms with E-state index < -0.39 is 0 Å². The number of carbonyl (C=O) groups is 1. The third kappa shape index (κ3) is 3.28. The third-order valence-corrected chi connectivity index (χ3v) is 4.14. The van der Waals surface area contributed by atoms with Crippen molar-refractivity contribution in [3.05, 3.63) is 35.9 Å². The van der Waals surface area contributed by atoms with Gasteiger partial charge in [-0.15, -0.1) is 12.4 Å². The van der Waals surface area contributed by atoms with E-state index in [-0.39, 0.29) is 23.7 Å². The smallest absolute Gasteiger partial charge is 0.226 e. The molecule has 1 aliphatic heterocycles. The van der Waals surface area contributed by atoms with Crippen molar-refractivity contribution in [2.45, 2.75) is 19.3 Å². The molecule has 3 rings (SSSR count). The second kappa shape index (κ2) is 5.93. The van der Waals surface area contributed by atoms with Crippen molar-refractivity contribution in [2.24, 2.45) is 11.3 Å². The highest BCUT2D eigenvalue weighted by atomic mass is 35.5. The molecule has 0 atom stereocenters. The molecule has 0 bridgehead atoms. The molecule has 2 aliphatic rings. The van der Waals surface area contributed by atoms with Gasteiger partial charge in [0.1, 0.15) is 0 Å². The summed E-state index contributed by atoms with van der Waals surface area (Å²) in [7, 11) is 0. The van der Waals surface area contributed by atoms with Crippen LogP contribution in [0, 0.1) is 11.3 Å². The van der Waals surface area contributed by atoms with Gasteiger partial charge in [-0.2, -0.15) is 0 Å². The Morgan fingerprint density at radius 2 is 1.95 bits per heavy atom.